The molecule has 2 amide bonds. The molecule has 232 valence electrons. The van der Waals surface area contributed by atoms with Gasteiger partial charge in [0.25, 0.3) is 0 Å². The normalized spacial score (nSPS) is 29.1. The van der Waals surface area contributed by atoms with Crippen molar-refractivity contribution < 1.29 is 38.9 Å². The summed E-state index contributed by atoms with van der Waals surface area (Å²) in [6.07, 6.45) is 11.0. The Labute approximate surface area is 269 Å². The summed E-state index contributed by atoms with van der Waals surface area (Å²) in [5, 5.41) is 4.08. The minimum absolute atomic E-state index is 0. The van der Waals surface area contributed by atoms with Crippen molar-refractivity contribution in [3.05, 3.63) is 76.0 Å². The fourth-order valence-electron chi connectivity index (χ4n) is 8.31. The Morgan fingerprint density at radius 1 is 1.19 bits per heavy atom. The Morgan fingerprint density at radius 3 is 2.65 bits per heavy atom. The number of allylic oxidation sites excluding steroid dienone is 2. The van der Waals surface area contributed by atoms with Crippen LogP contribution in [0.4, 0.5) is 0 Å². The SMILES string of the molecule is C=C1[C@@H]2c3cc(OC)ccc3C3C(C4CCCCC4)C4=CCC(C([NH-])=O)C=C4N3C[C@]12C(=O)N(C)CCOCC[N-]C.[Os+2]. The molecule has 3 fully saturated rings. The van der Waals surface area contributed by atoms with E-state index in [1.807, 2.05) is 19.2 Å². The predicted molar refractivity (Wildman–Crippen MR) is 163 cm³/mol. The van der Waals surface area contributed by atoms with Gasteiger partial charge in [0.05, 0.1) is 31.1 Å². The molecule has 6 rings (SSSR count). The van der Waals surface area contributed by atoms with Crippen molar-refractivity contribution in [1.82, 2.24) is 9.80 Å². The van der Waals surface area contributed by atoms with E-state index in [0.717, 1.165) is 22.6 Å². The van der Waals surface area contributed by atoms with E-state index in [2.05, 4.69) is 35.0 Å². The molecule has 9 heteroatoms. The van der Waals surface area contributed by atoms with Crippen molar-refractivity contribution in [2.24, 2.45) is 23.2 Å². The first-order valence-corrected chi connectivity index (χ1v) is 15.5. The standard InChI is InChI=1S/C34H45N4O4.Os/c1-21-30-27-19-24(41-4)11-13-25(27)31-29(22-8-6-5-7-9-22)26-12-10-23(32(35)39)18-28(26)38(31)20-34(21,30)33(40)37(3)15-17-42-16-14-36-2;/h11-13,18-19,22-23,29-31H,1,5-10,14-17,20H2,2-4H3,(H2,35,39);/q-1;+2/p-1/t23?,29?,30-,31?,34+;/m1./s1. The number of ether oxygens (including phenoxy) is 2. The van der Waals surface area contributed by atoms with E-state index >= 15 is 0 Å². The summed E-state index contributed by atoms with van der Waals surface area (Å²) in [5.74, 6) is 0.582. The molecule has 2 aliphatic heterocycles. The number of methoxy groups -OCH3 is 1. The molecule has 1 aromatic carbocycles. The van der Waals surface area contributed by atoms with Crippen LogP contribution < -0.4 is 4.74 Å². The number of fused-ring (bicyclic) bond motifs is 7. The zero-order chi connectivity index (χ0) is 29.6. The van der Waals surface area contributed by atoms with E-state index in [1.54, 1.807) is 19.1 Å². The van der Waals surface area contributed by atoms with Crippen LogP contribution in [0.2, 0.25) is 0 Å². The molecule has 8 nitrogen and oxygen atoms in total. The summed E-state index contributed by atoms with van der Waals surface area (Å²) in [6.45, 7) is 7.15. The minimum atomic E-state index is -0.769. The number of carbonyl (C=O) groups is 2. The van der Waals surface area contributed by atoms with Gasteiger partial charge < -0.3 is 35.1 Å². The van der Waals surface area contributed by atoms with Crippen molar-refractivity contribution in [2.75, 3.05) is 54.1 Å². The van der Waals surface area contributed by atoms with E-state index in [9.17, 15) is 9.59 Å². The largest absolute Gasteiger partial charge is 2.00 e. The fourth-order valence-corrected chi connectivity index (χ4v) is 8.31. The summed E-state index contributed by atoms with van der Waals surface area (Å²) in [4.78, 5) is 30.9. The van der Waals surface area contributed by atoms with Crippen LogP contribution in [0.5, 0.6) is 5.75 Å². The van der Waals surface area contributed by atoms with Gasteiger partial charge in [-0.05, 0) is 54.0 Å². The van der Waals surface area contributed by atoms with Crippen LogP contribution in [0.25, 0.3) is 11.1 Å². The molecule has 1 saturated heterocycles. The summed E-state index contributed by atoms with van der Waals surface area (Å²) < 4.78 is 11.4. The first-order valence-electron chi connectivity index (χ1n) is 15.5. The number of hydrogen-bond acceptors (Lipinski definition) is 5. The molecule has 3 aliphatic carbocycles. The third kappa shape index (κ3) is 5.40. The molecule has 2 saturated carbocycles. The maximum Gasteiger partial charge on any atom is 2.00 e. The average Bonchev–Trinajstić information content (AvgIpc) is 3.51. The average molecular weight is 763 g/mol. The van der Waals surface area contributed by atoms with E-state index in [1.165, 1.54) is 43.2 Å². The molecule has 2 heterocycles. The number of rotatable bonds is 10. The van der Waals surface area contributed by atoms with Crippen molar-refractivity contribution in [3.63, 3.8) is 0 Å². The molecule has 1 N–H and O–H groups in total. The monoisotopic (exact) mass is 764 g/mol. The second-order valence-electron chi connectivity index (χ2n) is 12.7. The quantitative estimate of drug-likeness (QED) is 0.222. The van der Waals surface area contributed by atoms with Crippen LogP contribution in [0.15, 0.2) is 53.8 Å². The zero-order valence-corrected chi connectivity index (χ0v) is 28.1. The minimum Gasteiger partial charge on any atom is -0.667 e. The van der Waals surface area contributed by atoms with E-state index < -0.39 is 17.2 Å². The van der Waals surface area contributed by atoms with Crippen molar-refractivity contribution in [2.45, 2.75) is 50.5 Å². The Balaban J connectivity index is 0.00000368. The molecular weight excluding hydrogens is 719 g/mol. The first-order chi connectivity index (χ1) is 20.3. The molecule has 1 aromatic rings. The number of likely N-dealkylation sites (N-methyl/N-ethyl adjacent to an activating group) is 2. The van der Waals surface area contributed by atoms with Crippen LogP contribution in [-0.4, -0.2) is 75.7 Å². The summed E-state index contributed by atoms with van der Waals surface area (Å²) in [7, 11) is 5.31. The van der Waals surface area contributed by atoms with Gasteiger partial charge in [0.1, 0.15) is 5.75 Å². The third-order valence-electron chi connectivity index (χ3n) is 10.5. The number of amides is 2. The second-order valence-corrected chi connectivity index (χ2v) is 12.7. The van der Waals surface area contributed by atoms with Gasteiger partial charge in [-0.3, -0.25) is 4.79 Å². The molecular formula is C34H44N4O4Os. The maximum atomic E-state index is 14.4. The number of benzene rings is 1. The Bertz CT molecular complexity index is 1320. The van der Waals surface area contributed by atoms with Gasteiger partial charge in [0.15, 0.2) is 0 Å². The maximum absolute atomic E-state index is 14.4. The molecule has 3 unspecified atom stereocenters. The van der Waals surface area contributed by atoms with Gasteiger partial charge in [0, 0.05) is 50.2 Å². The van der Waals surface area contributed by atoms with Crippen LogP contribution >= 0.6 is 0 Å². The second kappa shape index (κ2) is 12.9. The van der Waals surface area contributed by atoms with Crippen molar-refractivity contribution >= 4 is 11.8 Å². The molecule has 0 bridgehead atoms. The van der Waals surface area contributed by atoms with E-state index in [-0.39, 0.29) is 37.7 Å². The topological polar surface area (TPSA) is 97.0 Å². The Hall–Kier alpha value is -2.46. The van der Waals surface area contributed by atoms with Gasteiger partial charge >= 0.3 is 19.8 Å². The summed E-state index contributed by atoms with van der Waals surface area (Å²) >= 11 is 0. The van der Waals surface area contributed by atoms with Crippen molar-refractivity contribution in [3.8, 4) is 5.75 Å². The fraction of sp³-hybridized carbons (Fsp3) is 0.588. The molecule has 5 aliphatic rings. The van der Waals surface area contributed by atoms with Gasteiger partial charge in [-0.2, -0.15) is 7.05 Å². The number of carbonyl (C=O) groups excluding carboxylic acids is 2. The Kier molecular flexibility index (Phi) is 9.56. The number of nitrogens with one attached hydrogen (secondary N) is 1. The zero-order valence-electron chi connectivity index (χ0n) is 25.6. The van der Waals surface area contributed by atoms with Crippen LogP contribution in [0, 0.1) is 23.2 Å². The van der Waals surface area contributed by atoms with Gasteiger partial charge in [0.2, 0.25) is 5.91 Å². The van der Waals surface area contributed by atoms with Crippen LogP contribution in [0.1, 0.15) is 61.6 Å². The number of nitrogens with zero attached hydrogens (tertiary/aromatic N) is 3. The molecule has 0 radical (unpaired) electrons. The van der Waals surface area contributed by atoms with Crippen molar-refractivity contribution in [1.29, 1.82) is 0 Å². The van der Waals surface area contributed by atoms with Gasteiger partial charge in [-0.25, -0.2) is 0 Å². The molecule has 0 aromatic heterocycles. The third-order valence-corrected chi connectivity index (χ3v) is 10.5. The summed E-state index contributed by atoms with van der Waals surface area (Å²) in [5.41, 5.74) is 12.8. The summed E-state index contributed by atoms with van der Waals surface area (Å²) in [6, 6.07) is 6.44. The van der Waals surface area contributed by atoms with E-state index in [4.69, 9.17) is 15.2 Å². The molecule has 43 heavy (non-hydrogen) atoms. The Morgan fingerprint density at radius 2 is 1.95 bits per heavy atom. The molecule has 0 spiro atoms. The van der Waals surface area contributed by atoms with Crippen LogP contribution in [-0.2, 0) is 34.1 Å². The predicted octanol–water partition coefficient (Wildman–Crippen LogP) is 5.79. The smallest absolute Gasteiger partial charge is 0.667 e. The van der Waals surface area contributed by atoms with Gasteiger partial charge in [-0.15, -0.1) is 6.54 Å². The van der Waals surface area contributed by atoms with Gasteiger partial charge in [-0.1, -0.05) is 49.6 Å². The van der Waals surface area contributed by atoms with E-state index in [0.29, 0.717) is 51.1 Å². The first kappa shape index (κ1) is 31.9. The van der Waals surface area contributed by atoms with Crippen LogP contribution in [0.3, 0.4) is 0 Å². The molecule has 5 atom stereocenters. The number of hydrogen-bond donors (Lipinski definition) is 0.